The van der Waals surface area contributed by atoms with Gasteiger partial charge in [-0.05, 0) is 13.0 Å². The maximum absolute atomic E-state index is 12.1. The molecule has 0 aliphatic heterocycles. The van der Waals surface area contributed by atoms with E-state index in [0.717, 1.165) is 5.69 Å². The second-order valence-electron chi connectivity index (χ2n) is 2.89. The van der Waals surface area contributed by atoms with E-state index < -0.39 is 16.0 Å². The minimum absolute atomic E-state index is 0.126. The molecule has 4 nitrogen and oxygen atoms in total. The van der Waals surface area contributed by atoms with Gasteiger partial charge >= 0.3 is 10.2 Å². The monoisotopic (exact) mass is 206 g/mol. The molecule has 0 unspecified atom stereocenters. The molecule has 0 spiro atoms. The van der Waals surface area contributed by atoms with Crippen molar-refractivity contribution in [1.82, 2.24) is 9.78 Å². The lowest BCUT2D eigenvalue weighted by atomic mass is 10.3. The Labute approximate surface area is 76.6 Å². The van der Waals surface area contributed by atoms with Crippen molar-refractivity contribution < 1.29 is 12.3 Å². The third kappa shape index (κ3) is 3.14. The highest BCUT2D eigenvalue weighted by atomic mass is 32.3. The summed E-state index contributed by atoms with van der Waals surface area (Å²) < 4.78 is 34.1. The van der Waals surface area contributed by atoms with Gasteiger partial charge < -0.3 is 0 Å². The number of hydrogen-bond donors (Lipinski definition) is 0. The molecule has 13 heavy (non-hydrogen) atoms. The molecule has 0 fully saturated rings. The van der Waals surface area contributed by atoms with E-state index in [0.29, 0.717) is 5.69 Å². The van der Waals surface area contributed by atoms with Crippen molar-refractivity contribution in [3.05, 3.63) is 17.5 Å². The minimum atomic E-state index is -4.38. The van der Waals surface area contributed by atoms with Crippen LogP contribution < -0.4 is 0 Å². The van der Waals surface area contributed by atoms with Crippen molar-refractivity contribution in [1.29, 1.82) is 0 Å². The second-order valence-corrected chi connectivity index (χ2v) is 4.38. The number of aryl methyl sites for hydroxylation is 3. The average Bonchev–Trinajstić information content (AvgIpc) is 2.27. The summed E-state index contributed by atoms with van der Waals surface area (Å²) in [7, 11) is -2.62. The highest BCUT2D eigenvalue weighted by molar-refractivity contribution is 7.86. The smallest absolute Gasteiger partial charge is 0.273 e. The fourth-order valence-corrected chi connectivity index (χ4v) is 1.44. The largest absolute Gasteiger partial charge is 0.302 e. The quantitative estimate of drug-likeness (QED) is 0.679. The van der Waals surface area contributed by atoms with Gasteiger partial charge in [0, 0.05) is 19.2 Å². The van der Waals surface area contributed by atoms with Crippen molar-refractivity contribution in [2.75, 3.05) is 5.75 Å². The summed E-state index contributed by atoms with van der Waals surface area (Å²) in [4.78, 5) is 0. The maximum Gasteiger partial charge on any atom is 0.302 e. The molecule has 0 saturated heterocycles. The predicted molar refractivity (Wildman–Crippen MR) is 46.5 cm³/mol. The van der Waals surface area contributed by atoms with Crippen LogP contribution in [0.2, 0.25) is 0 Å². The van der Waals surface area contributed by atoms with Crippen LogP contribution in [0, 0.1) is 6.92 Å². The molecule has 0 bridgehead atoms. The van der Waals surface area contributed by atoms with Crippen LogP contribution in [0.25, 0.3) is 0 Å². The molecule has 74 valence electrons. The Morgan fingerprint density at radius 1 is 1.62 bits per heavy atom. The van der Waals surface area contributed by atoms with Crippen LogP contribution in [0.15, 0.2) is 6.07 Å². The van der Waals surface area contributed by atoms with E-state index in [-0.39, 0.29) is 6.42 Å². The first-order valence-corrected chi connectivity index (χ1v) is 5.35. The number of hydrogen-bond acceptors (Lipinski definition) is 3. The van der Waals surface area contributed by atoms with Crippen LogP contribution in [0.1, 0.15) is 11.4 Å². The number of halogens is 1. The van der Waals surface area contributed by atoms with Gasteiger partial charge in [0.15, 0.2) is 0 Å². The molecule has 0 saturated carbocycles. The van der Waals surface area contributed by atoms with Crippen molar-refractivity contribution in [2.45, 2.75) is 13.3 Å². The fraction of sp³-hybridized carbons (Fsp3) is 0.571. The van der Waals surface area contributed by atoms with Gasteiger partial charge in [0.1, 0.15) is 0 Å². The molecule has 1 aromatic rings. The summed E-state index contributed by atoms with van der Waals surface area (Å²) in [5, 5.41) is 4.00. The van der Waals surface area contributed by atoms with Crippen molar-refractivity contribution in [2.24, 2.45) is 7.05 Å². The van der Waals surface area contributed by atoms with Crippen LogP contribution in [0.3, 0.4) is 0 Å². The lowest BCUT2D eigenvalue weighted by molar-refractivity contribution is 0.550. The third-order valence-corrected chi connectivity index (χ3v) is 2.46. The van der Waals surface area contributed by atoms with Crippen LogP contribution in [0.4, 0.5) is 3.89 Å². The molecular formula is C7H11FN2O2S. The molecule has 0 N–H and O–H groups in total. The van der Waals surface area contributed by atoms with E-state index in [1.165, 1.54) is 0 Å². The molecule has 0 atom stereocenters. The van der Waals surface area contributed by atoms with Gasteiger partial charge in [-0.25, -0.2) is 0 Å². The van der Waals surface area contributed by atoms with E-state index in [2.05, 4.69) is 5.10 Å². The van der Waals surface area contributed by atoms with Crippen molar-refractivity contribution in [3.63, 3.8) is 0 Å². The standard InChI is InChI=1S/C7H11FN2O2S/c1-6-5-7(9-10(6)2)3-4-13(8,11)12/h5H,3-4H2,1-2H3. The molecule has 0 aromatic carbocycles. The molecule has 1 rings (SSSR count). The topological polar surface area (TPSA) is 52.0 Å². The Balaban J connectivity index is 2.66. The van der Waals surface area contributed by atoms with Crippen molar-refractivity contribution >= 4 is 10.2 Å². The molecule has 0 amide bonds. The molecular weight excluding hydrogens is 195 g/mol. The minimum Gasteiger partial charge on any atom is -0.273 e. The normalized spacial score (nSPS) is 11.9. The predicted octanol–water partition coefficient (Wildman–Crippen LogP) is 0.570. The fourth-order valence-electron chi connectivity index (χ4n) is 0.984. The first-order chi connectivity index (χ1) is 5.88. The summed E-state index contributed by atoms with van der Waals surface area (Å²) in [5.41, 5.74) is 1.52. The zero-order chi connectivity index (χ0) is 10.1. The van der Waals surface area contributed by atoms with Gasteiger partial charge in [-0.3, -0.25) is 4.68 Å². The van der Waals surface area contributed by atoms with E-state index in [1.807, 2.05) is 6.92 Å². The first kappa shape index (κ1) is 10.2. The van der Waals surface area contributed by atoms with E-state index in [9.17, 15) is 12.3 Å². The molecule has 1 heterocycles. The highest BCUT2D eigenvalue weighted by Gasteiger charge is 2.09. The Bertz CT molecular complexity index is 377. The number of nitrogens with zero attached hydrogens (tertiary/aromatic N) is 2. The van der Waals surface area contributed by atoms with E-state index in [1.54, 1.807) is 17.8 Å². The van der Waals surface area contributed by atoms with Gasteiger partial charge in [0.2, 0.25) is 0 Å². The summed E-state index contributed by atoms with van der Waals surface area (Å²) in [6, 6.07) is 1.74. The van der Waals surface area contributed by atoms with Crippen LogP contribution >= 0.6 is 0 Å². The van der Waals surface area contributed by atoms with Gasteiger partial charge in [-0.1, -0.05) is 0 Å². The van der Waals surface area contributed by atoms with E-state index in [4.69, 9.17) is 0 Å². The molecule has 1 aromatic heterocycles. The van der Waals surface area contributed by atoms with E-state index >= 15 is 0 Å². The van der Waals surface area contributed by atoms with Crippen LogP contribution in [-0.2, 0) is 23.7 Å². The summed E-state index contributed by atoms with van der Waals surface area (Å²) in [6.45, 7) is 1.85. The lowest BCUT2D eigenvalue weighted by Gasteiger charge is -1.91. The zero-order valence-corrected chi connectivity index (χ0v) is 8.31. The molecule has 6 heteroatoms. The van der Waals surface area contributed by atoms with Gasteiger partial charge in [-0.2, -0.15) is 13.5 Å². The average molecular weight is 206 g/mol. The van der Waals surface area contributed by atoms with Crippen molar-refractivity contribution in [3.8, 4) is 0 Å². The Hall–Kier alpha value is -0.910. The second kappa shape index (κ2) is 3.45. The Kier molecular flexibility index (Phi) is 2.70. The zero-order valence-electron chi connectivity index (χ0n) is 7.49. The lowest BCUT2D eigenvalue weighted by Crippen LogP contribution is -2.03. The van der Waals surface area contributed by atoms with Crippen LogP contribution in [0.5, 0.6) is 0 Å². The number of aromatic nitrogens is 2. The highest BCUT2D eigenvalue weighted by Crippen LogP contribution is 2.04. The Morgan fingerprint density at radius 3 is 2.62 bits per heavy atom. The number of rotatable bonds is 3. The van der Waals surface area contributed by atoms with Gasteiger partial charge in [-0.15, -0.1) is 3.89 Å². The summed E-state index contributed by atoms with van der Waals surface area (Å²) in [6.07, 6.45) is 0.126. The van der Waals surface area contributed by atoms with Gasteiger partial charge in [0.05, 0.1) is 11.4 Å². The SMILES string of the molecule is Cc1cc(CCS(=O)(=O)F)nn1C. The summed E-state index contributed by atoms with van der Waals surface area (Å²) >= 11 is 0. The van der Waals surface area contributed by atoms with Crippen LogP contribution in [-0.4, -0.2) is 24.0 Å². The Morgan fingerprint density at radius 2 is 2.23 bits per heavy atom. The molecule has 0 aliphatic carbocycles. The summed E-state index contributed by atoms with van der Waals surface area (Å²) in [5.74, 6) is -0.497. The first-order valence-electron chi connectivity index (χ1n) is 3.80. The molecule has 0 aliphatic rings. The van der Waals surface area contributed by atoms with Gasteiger partial charge in [0.25, 0.3) is 0 Å². The maximum atomic E-state index is 12.1. The third-order valence-electron chi connectivity index (χ3n) is 1.77. The molecule has 0 radical (unpaired) electrons.